The molecular weight excluding hydrogens is 308 g/mol. The van der Waals surface area contributed by atoms with Crippen molar-refractivity contribution in [1.29, 1.82) is 0 Å². The smallest absolute Gasteiger partial charge is 0.210 e. The Morgan fingerprint density at radius 1 is 0.960 bits per heavy atom. The minimum atomic E-state index is -0.753. The maximum absolute atomic E-state index is 13.3. The summed E-state index contributed by atoms with van der Waals surface area (Å²) in [7, 11) is 0. The predicted octanol–water partition coefficient (Wildman–Crippen LogP) is 5.26. The molecule has 0 unspecified atom stereocenters. The fraction of sp³-hybridized carbons (Fsp3) is 0.565. The first-order valence-electron chi connectivity index (χ1n) is 9.28. The van der Waals surface area contributed by atoms with E-state index in [1.165, 1.54) is 11.1 Å². The maximum Gasteiger partial charge on any atom is 0.210 e. The van der Waals surface area contributed by atoms with E-state index in [0.717, 1.165) is 12.0 Å². The topological polar surface area (TPSA) is 34.1 Å². The van der Waals surface area contributed by atoms with Gasteiger partial charge in [0.2, 0.25) is 11.6 Å². The summed E-state index contributed by atoms with van der Waals surface area (Å²) in [6, 6.07) is 8.48. The molecule has 1 saturated carbocycles. The quantitative estimate of drug-likeness (QED) is 0.517. The summed E-state index contributed by atoms with van der Waals surface area (Å²) < 4.78 is 0. The van der Waals surface area contributed by atoms with Crippen molar-refractivity contribution in [3.8, 4) is 0 Å². The molecule has 0 amide bonds. The number of rotatable bonds is 1. The molecule has 25 heavy (non-hydrogen) atoms. The number of aryl methyl sites for hydroxylation is 1. The molecule has 134 valence electrons. The van der Waals surface area contributed by atoms with E-state index in [1.54, 1.807) is 0 Å². The Morgan fingerprint density at radius 2 is 1.52 bits per heavy atom. The zero-order valence-corrected chi connectivity index (χ0v) is 16.6. The van der Waals surface area contributed by atoms with Gasteiger partial charge in [-0.3, -0.25) is 9.59 Å². The van der Waals surface area contributed by atoms with Crippen molar-refractivity contribution in [2.24, 2.45) is 22.2 Å². The molecule has 1 fully saturated rings. The molecule has 0 radical (unpaired) electrons. The molecule has 2 bridgehead atoms. The van der Waals surface area contributed by atoms with Gasteiger partial charge in [-0.1, -0.05) is 83.0 Å². The van der Waals surface area contributed by atoms with Crippen molar-refractivity contribution < 1.29 is 9.59 Å². The number of carbonyl (C=O) groups is 2. The van der Waals surface area contributed by atoms with Crippen molar-refractivity contribution in [3.05, 3.63) is 47.0 Å². The molecule has 0 heterocycles. The second kappa shape index (κ2) is 5.40. The van der Waals surface area contributed by atoms with Crippen LogP contribution in [0.15, 0.2) is 35.9 Å². The zero-order valence-electron chi connectivity index (χ0n) is 16.6. The van der Waals surface area contributed by atoms with Crippen molar-refractivity contribution in [1.82, 2.24) is 0 Å². The van der Waals surface area contributed by atoms with E-state index < -0.39 is 5.41 Å². The zero-order chi connectivity index (χ0) is 18.8. The fourth-order valence-corrected chi connectivity index (χ4v) is 4.85. The van der Waals surface area contributed by atoms with E-state index in [2.05, 4.69) is 78.8 Å². The molecular formula is C23H30O2. The summed E-state index contributed by atoms with van der Waals surface area (Å²) in [6.45, 7) is 14.8. The number of ketones is 2. The standard InChI is InChI=1S/C23H30O2/c1-14-8-10-15(11-9-14)17-12-16-18(21(2,3)4)13-23(17,22(5,6)7)20(25)19(16)24/h8-11,13,16-17H,12H2,1-7H3/t16-,17+,23+/m1/s1. The van der Waals surface area contributed by atoms with Crippen molar-refractivity contribution in [2.75, 3.05) is 0 Å². The Kier molecular flexibility index (Phi) is 3.91. The summed E-state index contributed by atoms with van der Waals surface area (Å²) in [5.74, 6) is -0.557. The van der Waals surface area contributed by atoms with Gasteiger partial charge in [0.1, 0.15) is 0 Å². The summed E-state index contributed by atoms with van der Waals surface area (Å²) in [5, 5.41) is 0. The molecule has 0 saturated heterocycles. The minimum absolute atomic E-state index is 0.0643. The van der Waals surface area contributed by atoms with Crippen LogP contribution in [0, 0.1) is 29.1 Å². The molecule has 0 aromatic heterocycles. The molecule has 4 rings (SSSR count). The van der Waals surface area contributed by atoms with Crippen molar-refractivity contribution in [3.63, 3.8) is 0 Å². The highest BCUT2D eigenvalue weighted by Crippen LogP contribution is 2.63. The number of Topliss-reactive ketones (excluding diaryl/α,β-unsaturated/α-hetero) is 2. The molecule has 2 heteroatoms. The SMILES string of the molecule is Cc1ccc([C@@H]2C[C@H]3C(=O)C(=O)[C@]2(C(C)(C)C)C=C3C(C)(C)C)cc1. The van der Waals surface area contributed by atoms with Crippen molar-refractivity contribution in [2.45, 2.75) is 60.8 Å². The lowest BCUT2D eigenvalue weighted by Gasteiger charge is -2.56. The van der Waals surface area contributed by atoms with Gasteiger partial charge < -0.3 is 0 Å². The predicted molar refractivity (Wildman–Crippen MR) is 101 cm³/mol. The number of benzene rings is 1. The summed E-state index contributed by atoms with van der Waals surface area (Å²) in [6.07, 6.45) is 2.93. The van der Waals surface area contributed by atoms with Crippen LogP contribution >= 0.6 is 0 Å². The lowest BCUT2D eigenvalue weighted by molar-refractivity contribution is -0.153. The monoisotopic (exact) mass is 338 g/mol. The van der Waals surface area contributed by atoms with E-state index >= 15 is 0 Å². The average Bonchev–Trinajstić information content (AvgIpc) is 2.50. The van der Waals surface area contributed by atoms with Gasteiger partial charge >= 0.3 is 0 Å². The second-order valence-corrected chi connectivity index (χ2v) is 9.91. The molecule has 3 aliphatic carbocycles. The highest BCUT2D eigenvalue weighted by atomic mass is 16.2. The Hall–Kier alpha value is -1.70. The van der Waals surface area contributed by atoms with Gasteiger partial charge in [-0.15, -0.1) is 0 Å². The van der Waals surface area contributed by atoms with E-state index in [1.807, 2.05) is 0 Å². The molecule has 3 atom stereocenters. The van der Waals surface area contributed by atoms with Crippen molar-refractivity contribution >= 4 is 11.6 Å². The third-order valence-electron chi connectivity index (χ3n) is 6.28. The van der Waals surface area contributed by atoms with Crippen LogP contribution in [0.2, 0.25) is 0 Å². The normalized spacial score (nSPS) is 29.8. The van der Waals surface area contributed by atoms with Crippen LogP contribution < -0.4 is 0 Å². The second-order valence-electron chi connectivity index (χ2n) is 9.91. The van der Waals surface area contributed by atoms with Gasteiger partial charge in [-0.2, -0.15) is 0 Å². The first kappa shape index (κ1) is 18.1. The highest BCUT2D eigenvalue weighted by molar-refractivity contribution is 6.43. The van der Waals surface area contributed by atoms with E-state index in [-0.39, 0.29) is 34.2 Å². The van der Waals surface area contributed by atoms with Gasteiger partial charge in [-0.25, -0.2) is 0 Å². The van der Waals surface area contributed by atoms with Crippen LogP contribution in [0.5, 0.6) is 0 Å². The molecule has 0 N–H and O–H groups in total. The molecule has 1 aromatic rings. The molecule has 1 aromatic carbocycles. The Labute approximate surface area is 151 Å². The van der Waals surface area contributed by atoms with Gasteiger partial charge in [0, 0.05) is 11.8 Å². The molecule has 3 aliphatic rings. The van der Waals surface area contributed by atoms with Gasteiger partial charge in [0.05, 0.1) is 5.41 Å². The van der Waals surface area contributed by atoms with E-state index in [9.17, 15) is 9.59 Å². The van der Waals surface area contributed by atoms with E-state index in [4.69, 9.17) is 0 Å². The molecule has 2 nitrogen and oxygen atoms in total. The molecule has 0 aliphatic heterocycles. The van der Waals surface area contributed by atoms with Crippen LogP contribution in [0.3, 0.4) is 0 Å². The molecule has 0 spiro atoms. The highest BCUT2D eigenvalue weighted by Gasteiger charge is 2.63. The maximum atomic E-state index is 13.3. The van der Waals surface area contributed by atoms with Crippen LogP contribution in [0.1, 0.15) is 65.0 Å². The average molecular weight is 338 g/mol. The minimum Gasteiger partial charge on any atom is -0.290 e. The lowest BCUT2D eigenvalue weighted by Crippen LogP contribution is -2.59. The number of allylic oxidation sites excluding steroid dienone is 2. The summed E-state index contributed by atoms with van der Waals surface area (Å²) in [5.41, 5.74) is 2.36. The first-order chi connectivity index (χ1) is 11.4. The van der Waals surface area contributed by atoms with Crippen LogP contribution in [0.4, 0.5) is 0 Å². The van der Waals surface area contributed by atoms with Gasteiger partial charge in [-0.05, 0) is 29.7 Å². The number of carbonyl (C=O) groups excluding carboxylic acids is 2. The summed E-state index contributed by atoms with van der Waals surface area (Å²) in [4.78, 5) is 26.2. The lowest BCUT2D eigenvalue weighted by atomic mass is 9.44. The Bertz CT molecular complexity index is 753. The van der Waals surface area contributed by atoms with Crippen LogP contribution in [-0.2, 0) is 9.59 Å². The largest absolute Gasteiger partial charge is 0.290 e. The number of hydrogen-bond donors (Lipinski definition) is 0. The number of fused-ring (bicyclic) bond motifs is 2. The first-order valence-corrected chi connectivity index (χ1v) is 9.28. The van der Waals surface area contributed by atoms with Gasteiger partial charge in [0.25, 0.3) is 0 Å². The fourth-order valence-electron chi connectivity index (χ4n) is 4.85. The van der Waals surface area contributed by atoms with Gasteiger partial charge in [0.15, 0.2) is 0 Å². The summed E-state index contributed by atoms with van der Waals surface area (Å²) >= 11 is 0. The van der Waals surface area contributed by atoms with Crippen LogP contribution in [0.25, 0.3) is 0 Å². The third-order valence-corrected chi connectivity index (χ3v) is 6.28. The Balaban J connectivity index is 2.27. The third kappa shape index (κ3) is 2.53. The number of hydrogen-bond acceptors (Lipinski definition) is 2. The van der Waals surface area contributed by atoms with E-state index in [0.29, 0.717) is 0 Å². The Morgan fingerprint density at radius 3 is 2.00 bits per heavy atom. The van der Waals surface area contributed by atoms with Crippen LogP contribution in [-0.4, -0.2) is 11.6 Å².